The van der Waals surface area contributed by atoms with Crippen molar-refractivity contribution in [1.29, 1.82) is 0 Å². The van der Waals surface area contributed by atoms with Gasteiger partial charge in [-0.2, -0.15) is 0 Å². The Bertz CT molecular complexity index is 555. The molecule has 0 radical (unpaired) electrons. The number of nitrogen functional groups attached to an aromatic ring is 1. The zero-order valence-corrected chi connectivity index (χ0v) is 11.8. The Kier molecular flexibility index (Phi) is 5.17. The molecule has 7 heteroatoms. The van der Waals surface area contributed by atoms with E-state index in [0.717, 1.165) is 0 Å². The van der Waals surface area contributed by atoms with Gasteiger partial charge in [0.25, 0.3) is 0 Å². The van der Waals surface area contributed by atoms with Gasteiger partial charge in [-0.3, -0.25) is 4.79 Å². The minimum Gasteiger partial charge on any atom is -0.495 e. The van der Waals surface area contributed by atoms with Crippen LogP contribution in [-0.4, -0.2) is 34.2 Å². The van der Waals surface area contributed by atoms with E-state index in [1.165, 1.54) is 32.4 Å². The van der Waals surface area contributed by atoms with Crippen LogP contribution in [0, 0.1) is 0 Å². The fourth-order valence-corrected chi connectivity index (χ4v) is 3.07. The van der Waals surface area contributed by atoms with Gasteiger partial charge in [0.15, 0.2) is 9.84 Å². The van der Waals surface area contributed by atoms with E-state index in [-0.39, 0.29) is 35.1 Å². The molecule has 0 aliphatic heterocycles. The highest BCUT2D eigenvalue weighted by Crippen LogP contribution is 2.27. The fraction of sp³-hybridized carbons (Fsp3) is 0.417. The van der Waals surface area contributed by atoms with Gasteiger partial charge in [-0.15, -0.1) is 0 Å². The molecule has 6 nitrogen and oxygen atoms in total. The second-order valence-electron chi connectivity index (χ2n) is 4.01. The Morgan fingerprint density at radius 3 is 2.68 bits per heavy atom. The Morgan fingerprint density at radius 1 is 1.42 bits per heavy atom. The molecule has 19 heavy (non-hydrogen) atoms. The topological polar surface area (TPSA) is 98.5 Å². The van der Waals surface area contributed by atoms with E-state index in [9.17, 15) is 13.2 Å². The van der Waals surface area contributed by atoms with Gasteiger partial charge in [-0.1, -0.05) is 0 Å². The Labute approximate surface area is 112 Å². The number of amides is 1. The molecule has 3 N–H and O–H groups in total. The van der Waals surface area contributed by atoms with Crippen LogP contribution in [0.25, 0.3) is 0 Å². The molecule has 0 aliphatic rings. The fourth-order valence-electron chi connectivity index (χ4n) is 1.60. The van der Waals surface area contributed by atoms with Gasteiger partial charge < -0.3 is 15.8 Å². The van der Waals surface area contributed by atoms with Crippen LogP contribution >= 0.6 is 0 Å². The summed E-state index contributed by atoms with van der Waals surface area (Å²) in [5, 5.41) is 2.45. The monoisotopic (exact) mass is 286 g/mol. The van der Waals surface area contributed by atoms with E-state index >= 15 is 0 Å². The summed E-state index contributed by atoms with van der Waals surface area (Å²) in [6.45, 7) is 0. The van der Waals surface area contributed by atoms with Crippen LogP contribution in [0.1, 0.15) is 12.8 Å². The number of sulfone groups is 1. The van der Waals surface area contributed by atoms with Crippen LogP contribution in [0.2, 0.25) is 0 Å². The average molecular weight is 286 g/mol. The van der Waals surface area contributed by atoms with Gasteiger partial charge in [-0.25, -0.2) is 8.42 Å². The predicted molar refractivity (Wildman–Crippen MR) is 72.8 cm³/mol. The predicted octanol–water partition coefficient (Wildman–Crippen LogP) is 0.577. The maximum atomic E-state index is 12.1. The van der Waals surface area contributed by atoms with Crippen molar-refractivity contribution in [2.75, 3.05) is 25.6 Å². The lowest BCUT2D eigenvalue weighted by molar-refractivity contribution is -0.120. The number of ether oxygens (including phenoxy) is 1. The molecule has 1 amide bonds. The lowest BCUT2D eigenvalue weighted by Crippen LogP contribution is -2.19. The van der Waals surface area contributed by atoms with Crippen molar-refractivity contribution >= 4 is 21.4 Å². The third-order valence-electron chi connectivity index (χ3n) is 2.62. The van der Waals surface area contributed by atoms with Gasteiger partial charge >= 0.3 is 0 Å². The molecule has 0 heterocycles. The maximum Gasteiger partial charge on any atom is 0.219 e. The summed E-state index contributed by atoms with van der Waals surface area (Å²) in [6.07, 6.45) is 0.433. The molecule has 0 atom stereocenters. The molecular weight excluding hydrogens is 268 g/mol. The highest BCUT2D eigenvalue weighted by molar-refractivity contribution is 7.91. The standard InChI is InChI=1S/C12H18N2O4S/c1-14-12(15)4-3-7-19(16,17)11-6-5-9(13)8-10(11)18-2/h5-6,8H,3-4,7,13H2,1-2H3,(H,14,15). The summed E-state index contributed by atoms with van der Waals surface area (Å²) in [5.74, 6) is -0.0693. The zero-order chi connectivity index (χ0) is 14.5. The van der Waals surface area contributed by atoms with Crippen molar-refractivity contribution in [3.63, 3.8) is 0 Å². The molecule has 0 saturated heterocycles. The summed E-state index contributed by atoms with van der Waals surface area (Å²) in [6, 6.07) is 4.39. The van der Waals surface area contributed by atoms with E-state index < -0.39 is 9.84 Å². The molecule has 1 aromatic rings. The first kappa shape index (κ1) is 15.3. The molecule has 0 bridgehead atoms. The van der Waals surface area contributed by atoms with Crippen molar-refractivity contribution in [1.82, 2.24) is 5.32 Å². The van der Waals surface area contributed by atoms with Gasteiger partial charge in [0.1, 0.15) is 10.6 Å². The van der Waals surface area contributed by atoms with Crippen molar-refractivity contribution in [3.05, 3.63) is 18.2 Å². The van der Waals surface area contributed by atoms with Crippen molar-refractivity contribution in [3.8, 4) is 5.75 Å². The molecular formula is C12H18N2O4S. The summed E-state index contributed by atoms with van der Waals surface area (Å²) >= 11 is 0. The van der Waals surface area contributed by atoms with E-state index in [2.05, 4.69) is 5.32 Å². The van der Waals surface area contributed by atoms with Gasteiger partial charge in [0, 0.05) is 25.2 Å². The summed E-state index contributed by atoms with van der Waals surface area (Å²) in [5.41, 5.74) is 6.01. The molecule has 1 aromatic carbocycles. The SMILES string of the molecule is CNC(=O)CCCS(=O)(=O)c1ccc(N)cc1OC. The first-order valence-corrected chi connectivity index (χ1v) is 7.43. The molecule has 0 unspecified atom stereocenters. The smallest absolute Gasteiger partial charge is 0.219 e. The number of methoxy groups -OCH3 is 1. The molecule has 0 spiro atoms. The van der Waals surface area contributed by atoms with Crippen LogP contribution in [0.15, 0.2) is 23.1 Å². The van der Waals surface area contributed by atoms with Crippen molar-refractivity contribution in [2.24, 2.45) is 0 Å². The average Bonchev–Trinajstić information content (AvgIpc) is 2.37. The van der Waals surface area contributed by atoms with Crippen molar-refractivity contribution < 1.29 is 17.9 Å². The second-order valence-corrected chi connectivity index (χ2v) is 6.08. The number of rotatable bonds is 6. The largest absolute Gasteiger partial charge is 0.495 e. The molecule has 1 rings (SSSR count). The highest BCUT2D eigenvalue weighted by atomic mass is 32.2. The van der Waals surface area contributed by atoms with E-state index in [1.807, 2.05) is 0 Å². The Morgan fingerprint density at radius 2 is 2.11 bits per heavy atom. The normalized spacial score (nSPS) is 11.1. The maximum absolute atomic E-state index is 12.1. The quantitative estimate of drug-likeness (QED) is 0.745. The third-order valence-corrected chi connectivity index (χ3v) is 4.45. The molecule has 0 aromatic heterocycles. The van der Waals surface area contributed by atoms with Gasteiger partial charge in [0.2, 0.25) is 5.91 Å². The summed E-state index contributed by atoms with van der Waals surface area (Å²) in [7, 11) is -0.583. The van der Waals surface area contributed by atoms with E-state index in [0.29, 0.717) is 5.69 Å². The Hall–Kier alpha value is -1.76. The first-order chi connectivity index (χ1) is 8.90. The van der Waals surface area contributed by atoms with Crippen molar-refractivity contribution in [2.45, 2.75) is 17.7 Å². The van der Waals surface area contributed by atoms with Crippen LogP contribution in [0.3, 0.4) is 0 Å². The highest BCUT2D eigenvalue weighted by Gasteiger charge is 2.19. The number of nitrogens with two attached hydrogens (primary N) is 1. The number of nitrogens with one attached hydrogen (secondary N) is 1. The number of hydrogen-bond donors (Lipinski definition) is 2. The number of carbonyl (C=O) groups is 1. The molecule has 0 aliphatic carbocycles. The van der Waals surface area contributed by atoms with Crippen LogP contribution in [0.4, 0.5) is 5.69 Å². The lowest BCUT2D eigenvalue weighted by Gasteiger charge is -2.10. The van der Waals surface area contributed by atoms with Gasteiger partial charge in [-0.05, 0) is 18.6 Å². The van der Waals surface area contributed by atoms with Crippen LogP contribution in [0.5, 0.6) is 5.75 Å². The number of carbonyl (C=O) groups excluding carboxylic acids is 1. The number of anilines is 1. The number of benzene rings is 1. The third kappa shape index (κ3) is 4.13. The van der Waals surface area contributed by atoms with E-state index in [1.54, 1.807) is 0 Å². The first-order valence-electron chi connectivity index (χ1n) is 5.77. The minimum absolute atomic E-state index is 0.0982. The minimum atomic E-state index is -3.48. The molecule has 0 fully saturated rings. The summed E-state index contributed by atoms with van der Waals surface area (Å²) < 4.78 is 29.3. The number of hydrogen-bond acceptors (Lipinski definition) is 5. The Balaban J connectivity index is 2.85. The van der Waals surface area contributed by atoms with E-state index in [4.69, 9.17) is 10.5 Å². The van der Waals surface area contributed by atoms with Crippen LogP contribution in [-0.2, 0) is 14.6 Å². The van der Waals surface area contributed by atoms with Crippen LogP contribution < -0.4 is 15.8 Å². The lowest BCUT2D eigenvalue weighted by atomic mass is 10.3. The van der Waals surface area contributed by atoms with Gasteiger partial charge in [0.05, 0.1) is 12.9 Å². The second kappa shape index (κ2) is 6.42. The molecule has 0 saturated carbocycles. The summed E-state index contributed by atoms with van der Waals surface area (Å²) in [4.78, 5) is 11.2. The molecule has 106 valence electrons. The zero-order valence-electron chi connectivity index (χ0n) is 11.0.